The first-order valence-corrected chi connectivity index (χ1v) is 32.7. The molecule has 0 bridgehead atoms. The van der Waals surface area contributed by atoms with E-state index in [4.69, 9.17) is 18.5 Å². The Bertz CT molecular complexity index is 1330. The molecule has 2 atom stereocenters. The Hall–Kier alpha value is -1.77. The molecule has 0 aromatic rings. The van der Waals surface area contributed by atoms with Gasteiger partial charge in [0.2, 0.25) is 0 Å². The summed E-state index contributed by atoms with van der Waals surface area (Å²) >= 11 is 0. The first-order chi connectivity index (χ1) is 35.5. The number of unbranched alkanes of at least 4 members (excludes halogenated alkanes) is 38. The maximum Gasteiger partial charge on any atom is 0.472 e. The molecule has 0 aliphatic rings. The Morgan fingerprint density at radius 3 is 1.10 bits per heavy atom. The second-order valence-corrected chi connectivity index (χ2v) is 23.9. The summed E-state index contributed by atoms with van der Waals surface area (Å²) in [6, 6.07) is 0. The number of carbonyl (C=O) groups is 2. The van der Waals surface area contributed by atoms with Crippen LogP contribution in [0.15, 0.2) is 36.5 Å². The molecular formula is C63H121NO8P+. The number of phosphoric ester groups is 1. The average molecular weight is 1050 g/mol. The minimum atomic E-state index is -4.39. The van der Waals surface area contributed by atoms with Gasteiger partial charge < -0.3 is 18.9 Å². The molecule has 0 amide bonds. The smallest absolute Gasteiger partial charge is 0.462 e. The van der Waals surface area contributed by atoms with Crippen molar-refractivity contribution in [3.63, 3.8) is 0 Å². The van der Waals surface area contributed by atoms with Crippen LogP contribution < -0.4 is 0 Å². The zero-order chi connectivity index (χ0) is 53.5. The van der Waals surface area contributed by atoms with Crippen LogP contribution in [0.5, 0.6) is 0 Å². The van der Waals surface area contributed by atoms with Crippen molar-refractivity contribution < 1.29 is 42.1 Å². The molecule has 0 rings (SSSR count). The number of rotatable bonds is 58. The standard InChI is InChI=1S/C63H120NO8P/c1-6-8-10-12-14-16-18-20-22-24-26-28-29-30-31-32-33-34-36-37-39-41-43-45-47-49-51-53-55-62(65)69-59-61(60-71-73(67,68)70-58-57-64(3,4)5)72-63(66)56-54-52-50-48-46-44-42-40-38-35-27-25-23-21-19-17-15-13-11-9-7-2/h19,21,25,27,38,40,61H,6-18,20,22-24,26,28-37,39,41-60H2,1-5H3/p+1/b21-19-,27-25-,40-38-. The number of phosphoric acid groups is 1. The van der Waals surface area contributed by atoms with E-state index in [9.17, 15) is 19.0 Å². The maximum absolute atomic E-state index is 12.8. The van der Waals surface area contributed by atoms with E-state index in [-0.39, 0.29) is 25.6 Å². The molecule has 0 saturated heterocycles. The van der Waals surface area contributed by atoms with Gasteiger partial charge in [0.05, 0.1) is 27.7 Å². The molecule has 430 valence electrons. The predicted octanol–water partition coefficient (Wildman–Crippen LogP) is 19.5. The van der Waals surface area contributed by atoms with Crippen LogP contribution in [0.3, 0.4) is 0 Å². The number of esters is 2. The zero-order valence-corrected chi connectivity index (χ0v) is 49.8. The van der Waals surface area contributed by atoms with Crippen molar-refractivity contribution in [2.45, 2.75) is 309 Å². The molecule has 1 N–H and O–H groups in total. The van der Waals surface area contributed by atoms with Crippen molar-refractivity contribution in [3.8, 4) is 0 Å². The normalized spacial score (nSPS) is 13.5. The molecule has 0 saturated carbocycles. The summed E-state index contributed by atoms with van der Waals surface area (Å²) in [6.45, 7) is 4.46. The Balaban J connectivity index is 4.09. The lowest BCUT2D eigenvalue weighted by atomic mass is 10.0. The molecule has 0 radical (unpaired) electrons. The topological polar surface area (TPSA) is 108 Å². The summed E-state index contributed by atoms with van der Waals surface area (Å²) in [7, 11) is 1.48. The molecule has 9 nitrogen and oxygen atoms in total. The third-order valence-electron chi connectivity index (χ3n) is 13.9. The third-order valence-corrected chi connectivity index (χ3v) is 14.9. The van der Waals surface area contributed by atoms with Crippen LogP contribution in [0.2, 0.25) is 0 Å². The molecule has 0 aromatic heterocycles. The molecule has 0 heterocycles. The van der Waals surface area contributed by atoms with Crippen molar-refractivity contribution in [2.75, 3.05) is 47.5 Å². The summed E-state index contributed by atoms with van der Waals surface area (Å²) in [5.41, 5.74) is 0. The van der Waals surface area contributed by atoms with E-state index in [0.29, 0.717) is 23.9 Å². The highest BCUT2D eigenvalue weighted by atomic mass is 31.2. The van der Waals surface area contributed by atoms with Crippen LogP contribution in [0.25, 0.3) is 0 Å². The quantitative estimate of drug-likeness (QED) is 0.0211. The van der Waals surface area contributed by atoms with Gasteiger partial charge in [-0.1, -0.05) is 275 Å². The molecular weight excluding hydrogens is 930 g/mol. The second-order valence-electron chi connectivity index (χ2n) is 22.5. The Morgan fingerprint density at radius 1 is 0.425 bits per heavy atom. The SMILES string of the molecule is CCCCCCC/C=C\C/C=C\C/C=C\CCCCCCCCC(=O)OC(COC(=O)CCCCCCCCCCCCCCCCCCCCCCCCCCCCCC)COP(=O)(O)OCC[N+](C)(C)C. The fourth-order valence-electron chi connectivity index (χ4n) is 9.08. The van der Waals surface area contributed by atoms with Crippen molar-refractivity contribution in [3.05, 3.63) is 36.5 Å². The van der Waals surface area contributed by atoms with Gasteiger partial charge in [-0.15, -0.1) is 0 Å². The molecule has 73 heavy (non-hydrogen) atoms. The van der Waals surface area contributed by atoms with Crippen LogP contribution in [-0.2, 0) is 32.7 Å². The number of allylic oxidation sites excluding steroid dienone is 6. The van der Waals surface area contributed by atoms with Crippen LogP contribution >= 0.6 is 7.82 Å². The van der Waals surface area contributed by atoms with E-state index < -0.39 is 26.5 Å². The highest BCUT2D eigenvalue weighted by Crippen LogP contribution is 2.43. The average Bonchev–Trinajstić information content (AvgIpc) is 3.35. The van der Waals surface area contributed by atoms with E-state index in [2.05, 4.69) is 50.3 Å². The molecule has 0 aromatic carbocycles. The minimum absolute atomic E-state index is 0.0301. The monoisotopic (exact) mass is 1050 g/mol. The number of likely N-dealkylation sites (N-methyl/N-ethyl adjacent to an activating group) is 1. The number of quaternary nitrogens is 1. The van der Waals surface area contributed by atoms with E-state index in [1.807, 2.05) is 21.1 Å². The van der Waals surface area contributed by atoms with Crippen molar-refractivity contribution in [2.24, 2.45) is 0 Å². The van der Waals surface area contributed by atoms with Gasteiger partial charge in [0.15, 0.2) is 6.10 Å². The molecule has 0 spiro atoms. The first kappa shape index (κ1) is 71.2. The fraction of sp³-hybridized carbons (Fsp3) is 0.873. The third kappa shape index (κ3) is 59.3. The molecule has 0 aliphatic heterocycles. The predicted molar refractivity (Wildman–Crippen MR) is 312 cm³/mol. The van der Waals surface area contributed by atoms with E-state index in [1.165, 1.54) is 199 Å². The molecule has 0 aliphatic carbocycles. The Morgan fingerprint density at radius 2 is 0.740 bits per heavy atom. The van der Waals surface area contributed by atoms with Gasteiger partial charge in [-0.25, -0.2) is 4.57 Å². The van der Waals surface area contributed by atoms with Gasteiger partial charge in [-0.2, -0.15) is 0 Å². The van der Waals surface area contributed by atoms with Crippen LogP contribution in [0, 0.1) is 0 Å². The van der Waals surface area contributed by atoms with Gasteiger partial charge in [0, 0.05) is 12.8 Å². The lowest BCUT2D eigenvalue weighted by Crippen LogP contribution is -2.37. The number of hydrogen-bond acceptors (Lipinski definition) is 7. The van der Waals surface area contributed by atoms with Gasteiger partial charge >= 0.3 is 19.8 Å². The van der Waals surface area contributed by atoms with Gasteiger partial charge in [-0.05, 0) is 51.4 Å². The van der Waals surface area contributed by atoms with Gasteiger partial charge in [0.1, 0.15) is 19.8 Å². The van der Waals surface area contributed by atoms with Crippen molar-refractivity contribution in [1.82, 2.24) is 0 Å². The Kier molecular flexibility index (Phi) is 53.7. The van der Waals surface area contributed by atoms with E-state index in [1.54, 1.807) is 0 Å². The number of hydrogen-bond donors (Lipinski definition) is 1. The summed E-state index contributed by atoms with van der Waals surface area (Å²) in [4.78, 5) is 35.7. The summed E-state index contributed by atoms with van der Waals surface area (Å²) < 4.78 is 34.6. The van der Waals surface area contributed by atoms with Crippen molar-refractivity contribution in [1.29, 1.82) is 0 Å². The zero-order valence-electron chi connectivity index (χ0n) is 48.9. The lowest BCUT2D eigenvalue weighted by molar-refractivity contribution is -0.870. The Labute approximate surface area is 452 Å². The number of ether oxygens (including phenoxy) is 2. The minimum Gasteiger partial charge on any atom is -0.462 e. The maximum atomic E-state index is 12.8. The lowest BCUT2D eigenvalue weighted by Gasteiger charge is -2.24. The van der Waals surface area contributed by atoms with Crippen LogP contribution in [-0.4, -0.2) is 74.9 Å². The first-order valence-electron chi connectivity index (χ1n) is 31.2. The van der Waals surface area contributed by atoms with E-state index in [0.717, 1.165) is 70.6 Å². The van der Waals surface area contributed by atoms with Crippen LogP contribution in [0.1, 0.15) is 303 Å². The van der Waals surface area contributed by atoms with Crippen molar-refractivity contribution >= 4 is 19.8 Å². The molecule has 10 heteroatoms. The molecule has 2 unspecified atom stereocenters. The van der Waals surface area contributed by atoms with Gasteiger partial charge in [0.25, 0.3) is 0 Å². The fourth-order valence-corrected chi connectivity index (χ4v) is 9.83. The largest absolute Gasteiger partial charge is 0.472 e. The van der Waals surface area contributed by atoms with E-state index >= 15 is 0 Å². The highest BCUT2D eigenvalue weighted by molar-refractivity contribution is 7.47. The summed E-state index contributed by atoms with van der Waals surface area (Å²) in [5, 5.41) is 0. The number of nitrogens with zero attached hydrogens (tertiary/aromatic N) is 1. The second kappa shape index (κ2) is 55.0. The van der Waals surface area contributed by atoms with Gasteiger partial charge in [-0.3, -0.25) is 18.6 Å². The number of carbonyl (C=O) groups excluding carboxylic acids is 2. The highest BCUT2D eigenvalue weighted by Gasteiger charge is 2.27. The molecule has 0 fully saturated rings. The summed E-state index contributed by atoms with van der Waals surface area (Å²) in [5.74, 6) is -0.798. The summed E-state index contributed by atoms with van der Waals surface area (Å²) in [6.07, 6.45) is 68.0. The van der Waals surface area contributed by atoms with Crippen LogP contribution in [0.4, 0.5) is 0 Å².